The number of amides is 1. The van der Waals surface area contributed by atoms with Crippen molar-refractivity contribution in [3.63, 3.8) is 0 Å². The average molecular weight is 242 g/mol. The molecule has 0 radical (unpaired) electrons. The van der Waals surface area contributed by atoms with Crippen LogP contribution >= 0.6 is 0 Å². The lowest BCUT2D eigenvalue weighted by Crippen LogP contribution is -2.45. The molecule has 1 atom stereocenters. The molecule has 0 bridgehead atoms. The van der Waals surface area contributed by atoms with Crippen LogP contribution in [0.15, 0.2) is 0 Å². The van der Waals surface area contributed by atoms with Crippen LogP contribution in [0.4, 0.5) is 0 Å². The Hall–Kier alpha value is -0.610. The molecule has 1 saturated carbocycles. The molecule has 0 saturated heterocycles. The molecule has 1 rings (SSSR count). The first kappa shape index (κ1) is 14.5. The van der Waals surface area contributed by atoms with Gasteiger partial charge in [-0.25, -0.2) is 0 Å². The van der Waals surface area contributed by atoms with Crippen LogP contribution in [0, 0.1) is 11.3 Å². The molecule has 0 aromatic carbocycles. The number of hydrogen-bond donors (Lipinski definition) is 2. The summed E-state index contributed by atoms with van der Waals surface area (Å²) in [5, 5.41) is 6.11. The highest BCUT2D eigenvalue weighted by atomic mass is 16.5. The monoisotopic (exact) mass is 242 g/mol. The fourth-order valence-corrected chi connectivity index (χ4v) is 2.36. The van der Waals surface area contributed by atoms with E-state index in [9.17, 15) is 4.79 Å². The lowest BCUT2D eigenvalue weighted by atomic mass is 9.66. The molecule has 1 amide bonds. The molecule has 100 valence electrons. The molecule has 1 aliphatic carbocycles. The lowest BCUT2D eigenvalue weighted by Gasteiger charge is -2.42. The Morgan fingerprint density at radius 1 is 1.47 bits per heavy atom. The third-order valence-corrected chi connectivity index (χ3v) is 3.85. The highest BCUT2D eigenvalue weighted by Crippen LogP contribution is 2.43. The van der Waals surface area contributed by atoms with Gasteiger partial charge in [-0.05, 0) is 31.7 Å². The highest BCUT2D eigenvalue weighted by molar-refractivity contribution is 5.78. The van der Waals surface area contributed by atoms with Gasteiger partial charge in [0, 0.05) is 32.7 Å². The van der Waals surface area contributed by atoms with Crippen molar-refractivity contribution in [3.05, 3.63) is 0 Å². The molecule has 0 aromatic heterocycles. The van der Waals surface area contributed by atoms with Gasteiger partial charge in [0.25, 0.3) is 0 Å². The summed E-state index contributed by atoms with van der Waals surface area (Å²) in [6, 6.07) is 0. The number of rotatable bonds is 8. The molecular weight excluding hydrogens is 216 g/mol. The van der Waals surface area contributed by atoms with Crippen LogP contribution in [0.3, 0.4) is 0 Å². The predicted molar refractivity (Wildman–Crippen MR) is 68.9 cm³/mol. The van der Waals surface area contributed by atoms with Crippen molar-refractivity contribution in [3.8, 4) is 0 Å². The summed E-state index contributed by atoms with van der Waals surface area (Å²) in [5.41, 5.74) is 0.311. The third kappa shape index (κ3) is 4.28. The van der Waals surface area contributed by atoms with Crippen molar-refractivity contribution in [2.24, 2.45) is 11.3 Å². The minimum absolute atomic E-state index is 0.0413. The van der Waals surface area contributed by atoms with E-state index in [4.69, 9.17) is 4.74 Å². The Morgan fingerprint density at radius 2 is 2.18 bits per heavy atom. The normalized spacial score (nSPS) is 19.5. The van der Waals surface area contributed by atoms with Crippen molar-refractivity contribution in [1.82, 2.24) is 10.6 Å². The molecule has 1 aliphatic rings. The summed E-state index contributed by atoms with van der Waals surface area (Å²) in [5.74, 6) is 0.197. The summed E-state index contributed by atoms with van der Waals surface area (Å²) >= 11 is 0. The van der Waals surface area contributed by atoms with Crippen LogP contribution in [0.1, 0.15) is 32.6 Å². The van der Waals surface area contributed by atoms with Gasteiger partial charge in [-0.1, -0.05) is 13.3 Å². The van der Waals surface area contributed by atoms with Crippen LogP contribution in [0.5, 0.6) is 0 Å². The SMILES string of the molecule is CNCC(C)C(=O)NCC1(CCOC)CCC1. The van der Waals surface area contributed by atoms with E-state index in [1.807, 2.05) is 14.0 Å². The minimum Gasteiger partial charge on any atom is -0.385 e. The van der Waals surface area contributed by atoms with Crippen LogP contribution in [-0.4, -0.2) is 39.8 Å². The molecule has 2 N–H and O–H groups in total. The van der Waals surface area contributed by atoms with Crippen LogP contribution in [0.25, 0.3) is 0 Å². The molecule has 4 heteroatoms. The number of carbonyl (C=O) groups is 1. The zero-order chi connectivity index (χ0) is 12.7. The van der Waals surface area contributed by atoms with E-state index in [2.05, 4.69) is 10.6 Å². The van der Waals surface area contributed by atoms with Gasteiger partial charge in [0.05, 0.1) is 0 Å². The van der Waals surface area contributed by atoms with E-state index in [1.54, 1.807) is 7.11 Å². The summed E-state index contributed by atoms with van der Waals surface area (Å²) in [6.07, 6.45) is 4.78. The van der Waals surface area contributed by atoms with E-state index in [0.29, 0.717) is 5.41 Å². The van der Waals surface area contributed by atoms with Crippen molar-refractivity contribution >= 4 is 5.91 Å². The van der Waals surface area contributed by atoms with E-state index in [-0.39, 0.29) is 11.8 Å². The van der Waals surface area contributed by atoms with E-state index in [0.717, 1.165) is 26.1 Å². The fraction of sp³-hybridized carbons (Fsp3) is 0.923. The maximum absolute atomic E-state index is 11.8. The van der Waals surface area contributed by atoms with Crippen molar-refractivity contribution < 1.29 is 9.53 Å². The summed E-state index contributed by atoms with van der Waals surface area (Å²) in [4.78, 5) is 11.8. The van der Waals surface area contributed by atoms with Gasteiger partial charge in [0.1, 0.15) is 0 Å². The predicted octanol–water partition coefficient (Wildman–Crippen LogP) is 1.16. The second-order valence-electron chi connectivity index (χ2n) is 5.27. The molecule has 1 fully saturated rings. The standard InChI is InChI=1S/C13H26N2O2/c1-11(9-14-2)12(16)15-10-13(5-4-6-13)7-8-17-3/h11,14H,4-10H2,1-3H3,(H,15,16). The Labute approximate surface area is 104 Å². The van der Waals surface area contributed by atoms with Gasteiger partial charge in [0.15, 0.2) is 0 Å². The summed E-state index contributed by atoms with van der Waals surface area (Å²) < 4.78 is 5.14. The van der Waals surface area contributed by atoms with Crippen LogP contribution in [0.2, 0.25) is 0 Å². The number of carbonyl (C=O) groups excluding carboxylic acids is 1. The van der Waals surface area contributed by atoms with Crippen molar-refractivity contribution in [2.75, 3.05) is 33.9 Å². The molecule has 4 nitrogen and oxygen atoms in total. The van der Waals surface area contributed by atoms with E-state index in [1.165, 1.54) is 19.3 Å². The van der Waals surface area contributed by atoms with Gasteiger partial charge in [-0.2, -0.15) is 0 Å². The van der Waals surface area contributed by atoms with Gasteiger partial charge in [-0.15, -0.1) is 0 Å². The Bertz CT molecular complexity index is 240. The van der Waals surface area contributed by atoms with Crippen LogP contribution in [-0.2, 0) is 9.53 Å². The Balaban J connectivity index is 2.29. The number of methoxy groups -OCH3 is 1. The fourth-order valence-electron chi connectivity index (χ4n) is 2.36. The van der Waals surface area contributed by atoms with Gasteiger partial charge >= 0.3 is 0 Å². The number of hydrogen-bond acceptors (Lipinski definition) is 3. The molecule has 0 heterocycles. The second-order valence-corrected chi connectivity index (χ2v) is 5.27. The first-order chi connectivity index (χ1) is 8.13. The lowest BCUT2D eigenvalue weighted by molar-refractivity contribution is -0.125. The molecule has 17 heavy (non-hydrogen) atoms. The zero-order valence-electron chi connectivity index (χ0n) is 11.3. The van der Waals surface area contributed by atoms with Gasteiger partial charge < -0.3 is 15.4 Å². The second kappa shape index (κ2) is 6.97. The molecule has 0 spiro atoms. The summed E-state index contributed by atoms with van der Waals surface area (Å²) in [7, 11) is 3.61. The molecule has 1 unspecified atom stereocenters. The van der Waals surface area contributed by atoms with Crippen molar-refractivity contribution in [2.45, 2.75) is 32.6 Å². The first-order valence-electron chi connectivity index (χ1n) is 6.55. The summed E-state index contributed by atoms with van der Waals surface area (Å²) in [6.45, 7) is 4.29. The first-order valence-corrected chi connectivity index (χ1v) is 6.55. The average Bonchev–Trinajstić information content (AvgIpc) is 2.27. The topological polar surface area (TPSA) is 50.4 Å². The largest absolute Gasteiger partial charge is 0.385 e. The number of ether oxygens (including phenoxy) is 1. The molecular formula is C13H26N2O2. The Morgan fingerprint density at radius 3 is 2.65 bits per heavy atom. The maximum atomic E-state index is 11.8. The Kier molecular flexibility index (Phi) is 5.92. The van der Waals surface area contributed by atoms with E-state index < -0.39 is 0 Å². The van der Waals surface area contributed by atoms with Gasteiger partial charge in [0.2, 0.25) is 5.91 Å². The van der Waals surface area contributed by atoms with Crippen molar-refractivity contribution in [1.29, 1.82) is 0 Å². The van der Waals surface area contributed by atoms with E-state index >= 15 is 0 Å². The van der Waals surface area contributed by atoms with Gasteiger partial charge in [-0.3, -0.25) is 4.79 Å². The molecule has 0 aliphatic heterocycles. The smallest absolute Gasteiger partial charge is 0.224 e. The minimum atomic E-state index is 0.0413. The maximum Gasteiger partial charge on any atom is 0.224 e. The quantitative estimate of drug-likeness (QED) is 0.671. The number of nitrogens with one attached hydrogen (secondary N) is 2. The molecule has 0 aromatic rings. The van der Waals surface area contributed by atoms with Crippen LogP contribution < -0.4 is 10.6 Å². The zero-order valence-corrected chi connectivity index (χ0v) is 11.3. The third-order valence-electron chi connectivity index (χ3n) is 3.85. The highest BCUT2D eigenvalue weighted by Gasteiger charge is 2.36.